The van der Waals surface area contributed by atoms with Gasteiger partial charge < -0.3 is 10.2 Å². The number of aryl methyl sites for hydroxylation is 1. The van der Waals surface area contributed by atoms with Gasteiger partial charge in [-0.05, 0) is 60.8 Å². The van der Waals surface area contributed by atoms with Gasteiger partial charge in [-0.15, -0.1) is 0 Å². The van der Waals surface area contributed by atoms with Crippen molar-refractivity contribution in [2.75, 3.05) is 0 Å². The second-order valence-electron chi connectivity index (χ2n) is 8.01. The van der Waals surface area contributed by atoms with Crippen molar-refractivity contribution in [2.24, 2.45) is 17.3 Å². The molecule has 3 aliphatic rings. The molecule has 1 aromatic rings. The Morgan fingerprint density at radius 1 is 1.38 bits per heavy atom. The van der Waals surface area contributed by atoms with Crippen molar-refractivity contribution >= 4 is 22.6 Å². The smallest absolute Gasteiger partial charge is 0.275 e. The number of hydrogen-bond acceptors (Lipinski definition) is 4. The number of nitrogens with zero attached hydrogens (tertiary/aromatic N) is 1. The first-order valence-corrected chi connectivity index (χ1v) is 9.68. The number of phenols is 1. The maximum absolute atomic E-state index is 11.9. The van der Waals surface area contributed by atoms with Crippen molar-refractivity contribution in [3.05, 3.63) is 39.4 Å². The lowest BCUT2D eigenvalue weighted by Crippen LogP contribution is -2.51. The summed E-state index contributed by atoms with van der Waals surface area (Å²) in [6, 6.07) is 5.56. The predicted octanol–water partition coefficient (Wildman–Crippen LogP) is 3.63. The molecule has 0 heterocycles. The highest BCUT2D eigenvalue weighted by Crippen LogP contribution is 2.66. The topological polar surface area (TPSA) is 83.6 Å². The van der Waals surface area contributed by atoms with Crippen molar-refractivity contribution in [3.63, 3.8) is 0 Å². The molecule has 0 spiro atoms. The number of aliphatic hydroxyl groups is 1. The standard InChI is InChI=1S/C18H22INO4/c1-17-7-6-13-12-5-3-11(21)8-10(12)2-4-14(13)16(17)18(19,20(23)24)9-15(17)22/h3,5,8,13-16,21-22H,2,4,6-7,9H2,1H3/t13-,14-,15?,16+,17-,18?/m1/s1. The largest absolute Gasteiger partial charge is 0.508 e. The van der Waals surface area contributed by atoms with Crippen LogP contribution >= 0.6 is 22.6 Å². The van der Waals surface area contributed by atoms with Crippen LogP contribution in [0.3, 0.4) is 0 Å². The highest BCUT2D eigenvalue weighted by atomic mass is 127. The van der Waals surface area contributed by atoms with Crippen LogP contribution in [0.4, 0.5) is 0 Å². The van der Waals surface area contributed by atoms with Gasteiger partial charge in [-0.1, -0.05) is 13.0 Å². The van der Waals surface area contributed by atoms with E-state index in [-0.39, 0.29) is 34.3 Å². The van der Waals surface area contributed by atoms with Crippen LogP contribution < -0.4 is 0 Å². The summed E-state index contributed by atoms with van der Waals surface area (Å²) in [5, 5.41) is 32.3. The van der Waals surface area contributed by atoms with Gasteiger partial charge in [-0.25, -0.2) is 0 Å². The number of phenolic OH excluding ortho intramolecular Hbond substituents is 1. The first-order valence-electron chi connectivity index (χ1n) is 8.60. The zero-order valence-corrected chi connectivity index (χ0v) is 15.8. The van der Waals surface area contributed by atoms with Gasteiger partial charge in [0.25, 0.3) is 3.55 Å². The summed E-state index contributed by atoms with van der Waals surface area (Å²) in [4.78, 5) is 11.7. The molecule has 2 unspecified atom stereocenters. The maximum atomic E-state index is 11.9. The molecule has 0 aliphatic heterocycles. The minimum Gasteiger partial charge on any atom is -0.508 e. The number of hydrogen-bond donors (Lipinski definition) is 2. The summed E-state index contributed by atoms with van der Waals surface area (Å²) in [5.41, 5.74) is 2.05. The molecule has 0 amide bonds. The molecule has 1 aromatic carbocycles. The molecule has 0 saturated heterocycles. The van der Waals surface area contributed by atoms with E-state index < -0.39 is 9.65 Å². The summed E-state index contributed by atoms with van der Waals surface area (Å²) < 4.78 is -1.08. The Hall–Kier alpha value is -0.890. The molecule has 6 heteroatoms. The van der Waals surface area contributed by atoms with Gasteiger partial charge in [0.2, 0.25) is 0 Å². The highest BCUT2D eigenvalue weighted by molar-refractivity contribution is 14.1. The number of benzene rings is 1. The summed E-state index contributed by atoms with van der Waals surface area (Å²) in [7, 11) is 0. The molecule has 0 aromatic heterocycles. The van der Waals surface area contributed by atoms with E-state index in [1.165, 1.54) is 11.1 Å². The van der Waals surface area contributed by atoms with E-state index in [4.69, 9.17) is 0 Å². The lowest BCUT2D eigenvalue weighted by Gasteiger charge is -2.50. The van der Waals surface area contributed by atoms with Gasteiger partial charge in [0, 0.05) is 32.9 Å². The van der Waals surface area contributed by atoms with Crippen LogP contribution in [0.25, 0.3) is 0 Å². The minimum absolute atomic E-state index is 0.115. The van der Waals surface area contributed by atoms with E-state index >= 15 is 0 Å². The fourth-order valence-corrected chi connectivity index (χ4v) is 7.42. The second-order valence-corrected chi connectivity index (χ2v) is 9.88. The average molecular weight is 443 g/mol. The number of alkyl halides is 1. The van der Waals surface area contributed by atoms with Gasteiger partial charge in [0.05, 0.1) is 18.4 Å². The molecule has 5 nitrogen and oxygen atoms in total. The fourth-order valence-electron chi connectivity index (χ4n) is 5.83. The quantitative estimate of drug-likeness (QED) is 0.228. The normalized spacial score (nSPS) is 43.6. The van der Waals surface area contributed by atoms with Crippen LogP contribution in [0.15, 0.2) is 18.2 Å². The molecular weight excluding hydrogens is 421 g/mol. The molecule has 6 atom stereocenters. The van der Waals surface area contributed by atoms with Crippen LogP contribution in [0.1, 0.15) is 49.7 Å². The van der Waals surface area contributed by atoms with Crippen molar-refractivity contribution in [2.45, 2.75) is 54.6 Å². The van der Waals surface area contributed by atoms with Crippen LogP contribution in [0.2, 0.25) is 0 Å². The number of fused-ring (bicyclic) bond motifs is 5. The summed E-state index contributed by atoms with van der Waals surface area (Å²) in [5.74, 6) is 0.695. The molecule has 24 heavy (non-hydrogen) atoms. The monoisotopic (exact) mass is 443 g/mol. The Labute approximate surface area is 154 Å². The van der Waals surface area contributed by atoms with Crippen LogP contribution in [-0.4, -0.2) is 24.8 Å². The van der Waals surface area contributed by atoms with Gasteiger partial charge in [-0.3, -0.25) is 10.1 Å². The van der Waals surface area contributed by atoms with Crippen LogP contribution in [-0.2, 0) is 6.42 Å². The van der Waals surface area contributed by atoms with Crippen LogP contribution in [0.5, 0.6) is 5.75 Å². The van der Waals surface area contributed by atoms with Gasteiger partial charge in [0.1, 0.15) is 5.75 Å². The number of rotatable bonds is 1. The van der Waals surface area contributed by atoms with Gasteiger partial charge in [-0.2, -0.15) is 0 Å². The van der Waals surface area contributed by atoms with Gasteiger partial charge in [0.15, 0.2) is 0 Å². The molecule has 4 rings (SSSR count). The summed E-state index contributed by atoms with van der Waals surface area (Å²) >= 11 is 2.01. The highest BCUT2D eigenvalue weighted by Gasteiger charge is 2.70. The zero-order chi connectivity index (χ0) is 17.3. The Bertz CT molecular complexity index is 710. The molecule has 2 fully saturated rings. The van der Waals surface area contributed by atoms with E-state index in [0.717, 1.165) is 25.7 Å². The molecule has 130 valence electrons. The Kier molecular flexibility index (Phi) is 3.66. The van der Waals surface area contributed by atoms with Crippen LogP contribution in [0, 0.1) is 27.4 Å². The molecule has 2 N–H and O–H groups in total. The summed E-state index contributed by atoms with van der Waals surface area (Å²) in [6.07, 6.45) is 3.15. The molecule has 0 bridgehead atoms. The first-order chi connectivity index (χ1) is 11.3. The van der Waals surface area contributed by atoms with E-state index in [1.807, 2.05) is 34.7 Å². The van der Waals surface area contributed by atoms with Crippen molar-refractivity contribution in [1.82, 2.24) is 0 Å². The molecule has 0 radical (unpaired) electrons. The number of aliphatic hydroxyl groups excluding tert-OH is 1. The van der Waals surface area contributed by atoms with E-state index in [2.05, 4.69) is 6.92 Å². The summed E-state index contributed by atoms with van der Waals surface area (Å²) in [6.45, 7) is 2.05. The maximum Gasteiger partial charge on any atom is 0.275 e. The Balaban J connectivity index is 1.79. The average Bonchev–Trinajstić information content (AvgIpc) is 2.74. The third-order valence-electron chi connectivity index (χ3n) is 6.94. The van der Waals surface area contributed by atoms with Crippen molar-refractivity contribution in [3.8, 4) is 5.75 Å². The van der Waals surface area contributed by atoms with E-state index in [9.17, 15) is 20.3 Å². The number of aromatic hydroxyl groups is 1. The Morgan fingerprint density at radius 2 is 2.12 bits per heavy atom. The molecular formula is C18H22INO4. The number of nitro groups is 1. The molecule has 3 aliphatic carbocycles. The SMILES string of the molecule is C[C@]12CC[C@@H]3c4ccc(O)cc4CC[C@H]3[C@@H]1C(I)([N+](=O)[O-])CC2O. The van der Waals surface area contributed by atoms with E-state index in [0.29, 0.717) is 5.92 Å². The third kappa shape index (κ3) is 2.08. The minimum atomic E-state index is -1.08. The lowest BCUT2D eigenvalue weighted by molar-refractivity contribution is -0.542. The first kappa shape index (κ1) is 16.6. The van der Waals surface area contributed by atoms with Crippen molar-refractivity contribution in [1.29, 1.82) is 0 Å². The van der Waals surface area contributed by atoms with E-state index in [1.54, 1.807) is 6.07 Å². The van der Waals surface area contributed by atoms with Gasteiger partial charge >= 0.3 is 0 Å². The molecule has 2 saturated carbocycles. The Morgan fingerprint density at radius 3 is 2.83 bits per heavy atom. The fraction of sp³-hybridized carbons (Fsp3) is 0.667. The predicted molar refractivity (Wildman–Crippen MR) is 97.9 cm³/mol. The third-order valence-corrected chi connectivity index (χ3v) is 8.45. The zero-order valence-electron chi connectivity index (χ0n) is 13.6. The van der Waals surface area contributed by atoms with Crippen molar-refractivity contribution < 1.29 is 15.1 Å². The lowest BCUT2D eigenvalue weighted by atomic mass is 9.55. The number of halogens is 1. The second kappa shape index (κ2) is 5.30.